The summed E-state index contributed by atoms with van der Waals surface area (Å²) in [5.41, 5.74) is 3.81. The van der Waals surface area contributed by atoms with E-state index in [4.69, 9.17) is 4.42 Å². The minimum absolute atomic E-state index is 0.166. The Balaban J connectivity index is 2.28. The van der Waals surface area contributed by atoms with Gasteiger partial charge in [-0.25, -0.2) is 0 Å². The largest absolute Gasteiger partial charge is 0.457 e. The molecule has 3 heteroatoms. The Bertz CT molecular complexity index is 532. The normalized spacial score (nSPS) is 14.2. The van der Waals surface area contributed by atoms with Crippen molar-refractivity contribution in [3.8, 4) is 0 Å². The van der Waals surface area contributed by atoms with E-state index in [1.165, 1.54) is 17.5 Å². The van der Waals surface area contributed by atoms with Crippen molar-refractivity contribution in [3.63, 3.8) is 0 Å². The van der Waals surface area contributed by atoms with Crippen LogP contribution in [0.5, 0.6) is 0 Å². The lowest BCUT2D eigenvalue weighted by Gasteiger charge is -2.18. The van der Waals surface area contributed by atoms with Crippen LogP contribution in [-0.4, -0.2) is 6.54 Å². The maximum Gasteiger partial charge on any atom is 0.174 e. The number of nitrogens with one attached hydrogen (secondary N) is 1. The summed E-state index contributed by atoms with van der Waals surface area (Å²) in [5, 5.41) is 3.51. The fraction of sp³-hybridized carbons (Fsp3) is 0.412. The summed E-state index contributed by atoms with van der Waals surface area (Å²) in [6.45, 7) is 7.52. The van der Waals surface area contributed by atoms with Gasteiger partial charge in [-0.1, -0.05) is 45.0 Å². The van der Waals surface area contributed by atoms with Crippen molar-refractivity contribution in [1.82, 2.24) is 5.32 Å². The van der Waals surface area contributed by atoms with Gasteiger partial charge in [0.05, 0.1) is 12.3 Å². The summed E-state index contributed by atoms with van der Waals surface area (Å²) in [7, 11) is 0. The number of furan rings is 1. The molecule has 0 amide bonds. The van der Waals surface area contributed by atoms with Crippen LogP contribution < -0.4 is 5.32 Å². The molecule has 1 aromatic carbocycles. The first-order chi connectivity index (χ1) is 9.67. The van der Waals surface area contributed by atoms with Crippen molar-refractivity contribution in [2.45, 2.75) is 39.2 Å². The molecule has 20 heavy (non-hydrogen) atoms. The highest BCUT2D eigenvalue weighted by atomic mass is 79.9. The van der Waals surface area contributed by atoms with E-state index in [9.17, 15) is 0 Å². The zero-order valence-electron chi connectivity index (χ0n) is 12.3. The predicted octanol–water partition coefficient (Wildman–Crippen LogP) is 5.25. The van der Waals surface area contributed by atoms with Crippen LogP contribution in [-0.2, 0) is 0 Å². The highest BCUT2D eigenvalue weighted by molar-refractivity contribution is 9.10. The fourth-order valence-corrected chi connectivity index (χ4v) is 2.84. The van der Waals surface area contributed by atoms with Crippen LogP contribution in [0.4, 0.5) is 0 Å². The average Bonchev–Trinajstić information content (AvgIpc) is 2.90. The van der Waals surface area contributed by atoms with Gasteiger partial charge in [-0.2, -0.15) is 0 Å². The Morgan fingerprint density at radius 3 is 2.25 bits per heavy atom. The first-order valence-electron chi connectivity index (χ1n) is 7.23. The van der Waals surface area contributed by atoms with Crippen molar-refractivity contribution in [2.24, 2.45) is 0 Å². The minimum atomic E-state index is 0.166. The molecule has 1 N–H and O–H groups in total. The fourth-order valence-electron chi connectivity index (χ4n) is 2.37. The lowest BCUT2D eigenvalue weighted by molar-refractivity contribution is 0.526. The maximum atomic E-state index is 5.37. The number of benzene rings is 1. The van der Waals surface area contributed by atoms with Gasteiger partial charge >= 0.3 is 0 Å². The number of halogens is 1. The molecule has 1 aromatic heterocycles. The summed E-state index contributed by atoms with van der Waals surface area (Å²) >= 11 is 3.48. The average molecular weight is 336 g/mol. The summed E-state index contributed by atoms with van der Waals surface area (Å²) in [6.07, 6.45) is 2.89. The molecular formula is C17H22BrNO. The maximum absolute atomic E-state index is 5.37. The molecule has 1 heterocycles. The van der Waals surface area contributed by atoms with E-state index in [0.717, 1.165) is 16.8 Å². The highest BCUT2D eigenvalue weighted by Gasteiger charge is 2.18. The highest BCUT2D eigenvalue weighted by Crippen LogP contribution is 2.30. The SMILES string of the molecule is CCNC(c1ccc(C(C)CC)cc1)c1ccoc1Br. The third-order valence-corrected chi connectivity index (χ3v) is 4.46. The van der Waals surface area contributed by atoms with E-state index in [2.05, 4.69) is 66.3 Å². The van der Waals surface area contributed by atoms with E-state index in [-0.39, 0.29) is 6.04 Å². The Morgan fingerprint density at radius 1 is 1.10 bits per heavy atom. The van der Waals surface area contributed by atoms with Gasteiger partial charge in [0.25, 0.3) is 0 Å². The van der Waals surface area contributed by atoms with Gasteiger partial charge in [-0.15, -0.1) is 0 Å². The zero-order valence-corrected chi connectivity index (χ0v) is 13.9. The molecule has 2 unspecified atom stereocenters. The summed E-state index contributed by atoms with van der Waals surface area (Å²) in [6, 6.07) is 11.1. The Morgan fingerprint density at radius 2 is 1.75 bits per heavy atom. The van der Waals surface area contributed by atoms with E-state index in [0.29, 0.717) is 5.92 Å². The number of hydrogen-bond donors (Lipinski definition) is 1. The first-order valence-corrected chi connectivity index (χ1v) is 8.02. The first kappa shape index (κ1) is 15.3. The summed E-state index contributed by atoms with van der Waals surface area (Å²) in [5.74, 6) is 0.613. The van der Waals surface area contributed by atoms with Crippen molar-refractivity contribution >= 4 is 15.9 Å². The molecule has 0 bridgehead atoms. The van der Waals surface area contributed by atoms with Crippen LogP contribution >= 0.6 is 15.9 Å². The van der Waals surface area contributed by atoms with E-state index in [1.54, 1.807) is 6.26 Å². The molecule has 0 spiro atoms. The molecule has 0 fully saturated rings. The van der Waals surface area contributed by atoms with Gasteiger partial charge in [0.2, 0.25) is 0 Å². The molecule has 0 saturated carbocycles. The van der Waals surface area contributed by atoms with Crippen molar-refractivity contribution in [1.29, 1.82) is 0 Å². The van der Waals surface area contributed by atoms with Crippen LogP contribution in [0.3, 0.4) is 0 Å². The minimum Gasteiger partial charge on any atom is -0.457 e. The molecule has 0 radical (unpaired) electrons. The van der Waals surface area contributed by atoms with Gasteiger partial charge in [0, 0.05) is 5.56 Å². The van der Waals surface area contributed by atoms with Crippen LogP contribution in [0, 0.1) is 0 Å². The van der Waals surface area contributed by atoms with Gasteiger partial charge in [-0.3, -0.25) is 0 Å². The second-order valence-electron chi connectivity index (χ2n) is 5.12. The summed E-state index contributed by atoms with van der Waals surface area (Å²) in [4.78, 5) is 0. The van der Waals surface area contributed by atoms with Gasteiger partial charge in [-0.05, 0) is 52.0 Å². The predicted molar refractivity (Wildman–Crippen MR) is 87.1 cm³/mol. The molecule has 2 atom stereocenters. The molecule has 0 aliphatic carbocycles. The van der Waals surface area contributed by atoms with Crippen molar-refractivity contribution in [2.75, 3.05) is 6.54 Å². The van der Waals surface area contributed by atoms with E-state index >= 15 is 0 Å². The molecule has 2 nitrogen and oxygen atoms in total. The molecule has 2 rings (SSSR count). The van der Waals surface area contributed by atoms with E-state index < -0.39 is 0 Å². The van der Waals surface area contributed by atoms with Gasteiger partial charge < -0.3 is 9.73 Å². The Labute approximate surface area is 129 Å². The van der Waals surface area contributed by atoms with Crippen molar-refractivity contribution < 1.29 is 4.42 Å². The molecule has 0 aliphatic rings. The lowest BCUT2D eigenvalue weighted by Crippen LogP contribution is -2.21. The molecule has 0 aliphatic heterocycles. The second kappa shape index (κ2) is 7.09. The Hall–Kier alpha value is -1.06. The third kappa shape index (κ3) is 3.33. The van der Waals surface area contributed by atoms with Crippen molar-refractivity contribution in [3.05, 3.63) is 58.0 Å². The number of hydrogen-bond acceptors (Lipinski definition) is 2. The van der Waals surface area contributed by atoms with Crippen LogP contribution in [0.1, 0.15) is 55.8 Å². The standard InChI is InChI=1S/C17H22BrNO/c1-4-12(3)13-6-8-14(9-7-13)16(19-5-2)15-10-11-20-17(15)18/h6-12,16,19H,4-5H2,1-3H3. The Kier molecular flexibility index (Phi) is 5.44. The van der Waals surface area contributed by atoms with Crippen LogP contribution in [0.25, 0.3) is 0 Å². The molecular weight excluding hydrogens is 314 g/mol. The van der Waals surface area contributed by atoms with Gasteiger partial charge in [0.15, 0.2) is 4.67 Å². The molecule has 0 saturated heterocycles. The lowest BCUT2D eigenvalue weighted by atomic mass is 9.94. The smallest absolute Gasteiger partial charge is 0.174 e. The second-order valence-corrected chi connectivity index (χ2v) is 5.84. The number of rotatable bonds is 6. The quantitative estimate of drug-likeness (QED) is 0.779. The summed E-state index contributed by atoms with van der Waals surface area (Å²) < 4.78 is 6.17. The third-order valence-electron chi connectivity index (χ3n) is 3.82. The monoisotopic (exact) mass is 335 g/mol. The van der Waals surface area contributed by atoms with Gasteiger partial charge in [0.1, 0.15) is 0 Å². The van der Waals surface area contributed by atoms with E-state index in [1.807, 2.05) is 6.07 Å². The molecule has 2 aromatic rings. The van der Waals surface area contributed by atoms with Crippen LogP contribution in [0.2, 0.25) is 0 Å². The molecule has 108 valence electrons. The zero-order chi connectivity index (χ0) is 14.5. The topological polar surface area (TPSA) is 25.2 Å². The van der Waals surface area contributed by atoms with Crippen LogP contribution in [0.15, 0.2) is 45.7 Å².